The molecular formula is C15H30N2O2SSi. The van der Waals surface area contributed by atoms with Crippen molar-refractivity contribution < 1.29 is 9.47 Å². The number of aromatic nitrogens is 2. The molecule has 4 nitrogen and oxygen atoms in total. The highest BCUT2D eigenvalue weighted by molar-refractivity contribution is 7.98. The third kappa shape index (κ3) is 8.04. The Balaban J connectivity index is 2.51. The second-order valence-electron chi connectivity index (χ2n) is 6.47. The van der Waals surface area contributed by atoms with Gasteiger partial charge in [-0.25, -0.2) is 4.68 Å². The van der Waals surface area contributed by atoms with E-state index < -0.39 is 8.07 Å². The highest BCUT2D eigenvalue weighted by atomic mass is 32.2. The monoisotopic (exact) mass is 330 g/mol. The summed E-state index contributed by atoms with van der Waals surface area (Å²) in [5.41, 5.74) is 2.48. The average molecular weight is 331 g/mol. The van der Waals surface area contributed by atoms with Gasteiger partial charge in [-0.1, -0.05) is 19.6 Å². The van der Waals surface area contributed by atoms with E-state index in [9.17, 15) is 0 Å². The largest absolute Gasteiger partial charge is 0.384 e. The number of ether oxygens (including phenoxy) is 2. The fraction of sp³-hybridized carbons (Fsp3) is 0.800. The lowest BCUT2D eigenvalue weighted by Crippen LogP contribution is -2.22. The molecule has 1 aromatic rings. The van der Waals surface area contributed by atoms with Crippen LogP contribution in [-0.4, -0.2) is 50.2 Å². The van der Waals surface area contributed by atoms with E-state index in [0.29, 0.717) is 6.73 Å². The van der Waals surface area contributed by atoms with Gasteiger partial charge in [0.25, 0.3) is 0 Å². The predicted octanol–water partition coefficient (Wildman–Crippen LogP) is 3.29. The van der Waals surface area contributed by atoms with Crippen molar-refractivity contribution >= 4 is 19.8 Å². The van der Waals surface area contributed by atoms with Gasteiger partial charge < -0.3 is 9.47 Å². The molecule has 1 heterocycles. The van der Waals surface area contributed by atoms with Crippen LogP contribution in [0.25, 0.3) is 0 Å². The zero-order chi connectivity index (χ0) is 15.7. The summed E-state index contributed by atoms with van der Waals surface area (Å²) in [4.78, 5) is 0. The van der Waals surface area contributed by atoms with Crippen LogP contribution in [0.3, 0.4) is 0 Å². The molecule has 0 saturated carbocycles. The Kier molecular flexibility index (Phi) is 8.62. The first-order valence-corrected chi connectivity index (χ1v) is 12.7. The first-order valence-electron chi connectivity index (χ1n) is 7.57. The van der Waals surface area contributed by atoms with Gasteiger partial charge in [-0.2, -0.15) is 16.9 Å². The lowest BCUT2D eigenvalue weighted by atomic mass is 10.1. The number of thioether (sulfide) groups is 1. The minimum atomic E-state index is -1.01. The van der Waals surface area contributed by atoms with Crippen LogP contribution >= 0.6 is 11.8 Å². The SMILES string of the molecule is COCCc1nn(COCC[Si](C)(C)C)cc1CCSC. The van der Waals surface area contributed by atoms with Crippen molar-refractivity contribution in [2.75, 3.05) is 32.3 Å². The zero-order valence-corrected chi connectivity index (χ0v) is 16.0. The molecule has 0 N–H and O–H groups in total. The zero-order valence-electron chi connectivity index (χ0n) is 14.1. The van der Waals surface area contributed by atoms with Gasteiger partial charge in [0, 0.05) is 34.4 Å². The Morgan fingerprint density at radius 1 is 1.24 bits per heavy atom. The highest BCUT2D eigenvalue weighted by Gasteiger charge is 2.13. The van der Waals surface area contributed by atoms with E-state index >= 15 is 0 Å². The molecule has 0 bridgehead atoms. The first-order chi connectivity index (χ1) is 9.96. The Morgan fingerprint density at radius 3 is 2.62 bits per heavy atom. The van der Waals surface area contributed by atoms with E-state index in [1.165, 1.54) is 11.6 Å². The molecule has 0 fully saturated rings. The topological polar surface area (TPSA) is 36.3 Å². The number of nitrogens with zero attached hydrogens (tertiary/aromatic N) is 2. The Labute approximate surface area is 134 Å². The van der Waals surface area contributed by atoms with Crippen molar-refractivity contribution in [3.8, 4) is 0 Å². The van der Waals surface area contributed by atoms with Gasteiger partial charge in [-0.15, -0.1) is 0 Å². The quantitative estimate of drug-likeness (QED) is 0.461. The molecule has 0 radical (unpaired) electrons. The van der Waals surface area contributed by atoms with Crippen LogP contribution in [0.15, 0.2) is 6.20 Å². The second-order valence-corrected chi connectivity index (χ2v) is 13.1. The molecule has 0 aliphatic carbocycles. The van der Waals surface area contributed by atoms with Crippen molar-refractivity contribution in [3.63, 3.8) is 0 Å². The summed E-state index contributed by atoms with van der Waals surface area (Å²) < 4.78 is 12.9. The molecule has 0 spiro atoms. The highest BCUT2D eigenvalue weighted by Crippen LogP contribution is 2.12. The van der Waals surface area contributed by atoms with E-state index in [-0.39, 0.29) is 0 Å². The van der Waals surface area contributed by atoms with Crippen molar-refractivity contribution in [1.82, 2.24) is 9.78 Å². The number of aryl methyl sites for hydroxylation is 1. The van der Waals surface area contributed by atoms with Gasteiger partial charge in [0.2, 0.25) is 0 Å². The molecule has 1 rings (SSSR count). The maximum atomic E-state index is 5.77. The van der Waals surface area contributed by atoms with Crippen molar-refractivity contribution in [2.24, 2.45) is 0 Å². The summed E-state index contributed by atoms with van der Waals surface area (Å²) in [6.45, 7) is 9.22. The van der Waals surface area contributed by atoms with E-state index in [1.807, 2.05) is 16.4 Å². The fourth-order valence-electron chi connectivity index (χ4n) is 1.94. The van der Waals surface area contributed by atoms with E-state index in [2.05, 4.69) is 37.2 Å². The maximum Gasteiger partial charge on any atom is 0.139 e. The van der Waals surface area contributed by atoms with Crippen LogP contribution in [0.1, 0.15) is 11.3 Å². The molecule has 0 amide bonds. The summed E-state index contributed by atoms with van der Waals surface area (Å²) in [5, 5.41) is 4.65. The lowest BCUT2D eigenvalue weighted by Gasteiger charge is -2.15. The molecule has 21 heavy (non-hydrogen) atoms. The van der Waals surface area contributed by atoms with E-state index in [4.69, 9.17) is 9.47 Å². The normalized spacial score (nSPS) is 12.0. The van der Waals surface area contributed by atoms with E-state index in [1.54, 1.807) is 7.11 Å². The third-order valence-electron chi connectivity index (χ3n) is 3.26. The molecule has 0 unspecified atom stereocenters. The number of methoxy groups -OCH3 is 1. The predicted molar refractivity (Wildman–Crippen MR) is 94.0 cm³/mol. The van der Waals surface area contributed by atoms with Crippen LogP contribution in [-0.2, 0) is 29.0 Å². The molecule has 122 valence electrons. The molecule has 0 aliphatic rings. The van der Waals surface area contributed by atoms with Crippen molar-refractivity contribution in [2.45, 2.75) is 45.3 Å². The summed E-state index contributed by atoms with van der Waals surface area (Å²) in [6.07, 6.45) is 6.21. The first kappa shape index (κ1) is 18.7. The van der Waals surface area contributed by atoms with Crippen LogP contribution in [0.2, 0.25) is 25.7 Å². The average Bonchev–Trinajstić information content (AvgIpc) is 2.80. The molecule has 1 aromatic heterocycles. The summed E-state index contributed by atoms with van der Waals surface area (Å²) >= 11 is 1.87. The van der Waals surface area contributed by atoms with Crippen molar-refractivity contribution in [3.05, 3.63) is 17.5 Å². The summed E-state index contributed by atoms with van der Waals surface area (Å²) in [5.74, 6) is 1.13. The van der Waals surface area contributed by atoms with Gasteiger partial charge in [0.05, 0.1) is 12.3 Å². The van der Waals surface area contributed by atoms with Gasteiger partial charge in [0.15, 0.2) is 0 Å². The molecular weight excluding hydrogens is 300 g/mol. The van der Waals surface area contributed by atoms with Gasteiger partial charge >= 0.3 is 0 Å². The molecule has 6 heteroatoms. The van der Waals surface area contributed by atoms with Gasteiger partial charge in [0.1, 0.15) is 6.73 Å². The molecule has 0 aliphatic heterocycles. The van der Waals surface area contributed by atoms with Crippen LogP contribution < -0.4 is 0 Å². The molecule has 0 aromatic carbocycles. The molecule has 0 atom stereocenters. The second kappa shape index (κ2) is 9.66. The van der Waals surface area contributed by atoms with Crippen LogP contribution in [0.5, 0.6) is 0 Å². The minimum absolute atomic E-state index is 0.559. The minimum Gasteiger partial charge on any atom is -0.384 e. The Morgan fingerprint density at radius 2 is 2.00 bits per heavy atom. The third-order valence-corrected chi connectivity index (χ3v) is 5.58. The summed E-state index contributed by atoms with van der Waals surface area (Å²) in [7, 11) is 0.724. The lowest BCUT2D eigenvalue weighted by molar-refractivity contribution is 0.0781. The van der Waals surface area contributed by atoms with Gasteiger partial charge in [-0.3, -0.25) is 0 Å². The fourth-order valence-corrected chi connectivity index (χ4v) is 3.12. The molecule has 0 saturated heterocycles. The Bertz CT molecular complexity index is 379. The van der Waals surface area contributed by atoms with Gasteiger partial charge in [-0.05, 0) is 30.0 Å². The van der Waals surface area contributed by atoms with Crippen LogP contribution in [0, 0.1) is 0 Å². The number of hydrogen-bond donors (Lipinski definition) is 0. The summed E-state index contributed by atoms with van der Waals surface area (Å²) in [6, 6.07) is 1.20. The smallest absolute Gasteiger partial charge is 0.139 e. The number of hydrogen-bond acceptors (Lipinski definition) is 4. The standard InChI is InChI=1S/C15H30N2O2SSi/c1-18-8-6-15-14(7-10-20-2)12-17(16-15)13-19-9-11-21(3,4)5/h12H,6-11,13H2,1-5H3. The van der Waals surface area contributed by atoms with Crippen molar-refractivity contribution in [1.29, 1.82) is 0 Å². The van der Waals surface area contributed by atoms with E-state index in [0.717, 1.165) is 37.5 Å². The number of rotatable bonds is 11. The maximum absolute atomic E-state index is 5.77. The Hall–Kier alpha value is -0.303. The van der Waals surface area contributed by atoms with Crippen LogP contribution in [0.4, 0.5) is 0 Å².